The van der Waals surface area contributed by atoms with Gasteiger partial charge in [0.05, 0.1) is 11.9 Å². The van der Waals surface area contributed by atoms with Gasteiger partial charge in [-0.05, 0) is 50.5 Å². The monoisotopic (exact) mass is 408 g/mol. The van der Waals surface area contributed by atoms with Crippen molar-refractivity contribution in [2.45, 2.75) is 32.7 Å². The van der Waals surface area contributed by atoms with Crippen LogP contribution in [0.25, 0.3) is 0 Å². The second-order valence-corrected chi connectivity index (χ2v) is 8.89. The van der Waals surface area contributed by atoms with E-state index in [2.05, 4.69) is 17.4 Å². The molecule has 1 atom stereocenters. The molecule has 146 valence electrons. The van der Waals surface area contributed by atoms with Gasteiger partial charge in [-0.25, -0.2) is 8.42 Å². The Bertz CT molecular complexity index is 900. The highest BCUT2D eigenvalue weighted by molar-refractivity contribution is 7.92. The van der Waals surface area contributed by atoms with Crippen LogP contribution in [0.3, 0.4) is 0 Å². The first kappa shape index (κ1) is 21.3. The SMILES string of the molecule is Cc1cccc(CCCNC(=O)[C@H](C)N(c2cccc(Cl)c2)S(C)(=O)=O)c1. The summed E-state index contributed by atoms with van der Waals surface area (Å²) in [5, 5.41) is 3.24. The van der Waals surface area contributed by atoms with Crippen LogP contribution in [-0.2, 0) is 21.2 Å². The molecule has 0 unspecified atom stereocenters. The highest BCUT2D eigenvalue weighted by Gasteiger charge is 2.28. The summed E-state index contributed by atoms with van der Waals surface area (Å²) in [4.78, 5) is 12.5. The molecule has 7 heteroatoms. The standard InChI is InChI=1S/C20H25ClN2O3S/c1-15-7-4-8-17(13-15)9-6-12-22-20(24)16(2)23(27(3,25)26)19-11-5-10-18(21)14-19/h4-5,7-8,10-11,13-14,16H,6,9,12H2,1-3H3,(H,22,24)/t16-/m0/s1. The van der Waals surface area contributed by atoms with E-state index >= 15 is 0 Å². The Labute approximate surface area is 166 Å². The Morgan fingerprint density at radius 2 is 1.89 bits per heavy atom. The van der Waals surface area contributed by atoms with Crippen LogP contribution in [0, 0.1) is 6.92 Å². The van der Waals surface area contributed by atoms with Crippen molar-refractivity contribution in [3.05, 3.63) is 64.7 Å². The fourth-order valence-corrected chi connectivity index (χ4v) is 4.29. The van der Waals surface area contributed by atoms with E-state index in [1.54, 1.807) is 25.1 Å². The first-order chi connectivity index (χ1) is 12.7. The molecule has 2 rings (SSSR count). The molecule has 2 aromatic carbocycles. The fourth-order valence-electron chi connectivity index (χ4n) is 2.94. The number of halogens is 1. The third kappa shape index (κ3) is 6.26. The average Bonchev–Trinajstić information content (AvgIpc) is 2.57. The summed E-state index contributed by atoms with van der Waals surface area (Å²) in [6, 6.07) is 13.8. The summed E-state index contributed by atoms with van der Waals surface area (Å²) in [6.45, 7) is 4.09. The van der Waals surface area contributed by atoms with Gasteiger partial charge in [-0.2, -0.15) is 0 Å². The fraction of sp³-hybridized carbons (Fsp3) is 0.350. The number of anilines is 1. The van der Waals surface area contributed by atoms with Gasteiger partial charge < -0.3 is 5.32 Å². The van der Waals surface area contributed by atoms with Gasteiger partial charge in [0.25, 0.3) is 0 Å². The minimum Gasteiger partial charge on any atom is -0.354 e. The van der Waals surface area contributed by atoms with Crippen LogP contribution >= 0.6 is 11.6 Å². The van der Waals surface area contributed by atoms with Gasteiger partial charge in [0.15, 0.2) is 0 Å². The molecular formula is C20H25ClN2O3S. The van der Waals surface area contributed by atoms with Crippen molar-refractivity contribution in [2.24, 2.45) is 0 Å². The number of carbonyl (C=O) groups excluding carboxylic acids is 1. The Hall–Kier alpha value is -2.05. The van der Waals surface area contributed by atoms with Crippen LogP contribution in [0.1, 0.15) is 24.5 Å². The first-order valence-corrected chi connectivity index (χ1v) is 11.0. The van der Waals surface area contributed by atoms with Crippen molar-refractivity contribution in [3.8, 4) is 0 Å². The van der Waals surface area contributed by atoms with Gasteiger partial charge in [-0.15, -0.1) is 0 Å². The maximum atomic E-state index is 12.5. The summed E-state index contributed by atoms with van der Waals surface area (Å²) in [5.41, 5.74) is 2.79. The van der Waals surface area contributed by atoms with E-state index < -0.39 is 16.1 Å². The number of sulfonamides is 1. The lowest BCUT2D eigenvalue weighted by Crippen LogP contribution is -2.48. The maximum absolute atomic E-state index is 12.5. The topological polar surface area (TPSA) is 66.5 Å². The van der Waals surface area contributed by atoms with Gasteiger partial charge in [0.2, 0.25) is 15.9 Å². The maximum Gasteiger partial charge on any atom is 0.243 e. The number of rotatable bonds is 8. The third-order valence-electron chi connectivity index (χ3n) is 4.18. The zero-order valence-corrected chi connectivity index (χ0v) is 17.3. The van der Waals surface area contributed by atoms with Gasteiger partial charge in [-0.1, -0.05) is 47.5 Å². The van der Waals surface area contributed by atoms with E-state index in [4.69, 9.17) is 11.6 Å². The summed E-state index contributed by atoms with van der Waals surface area (Å²) in [7, 11) is -3.64. The number of hydrogen-bond acceptors (Lipinski definition) is 3. The minimum atomic E-state index is -3.64. The molecular weight excluding hydrogens is 384 g/mol. The lowest BCUT2D eigenvalue weighted by atomic mass is 10.1. The molecule has 0 saturated heterocycles. The largest absolute Gasteiger partial charge is 0.354 e. The van der Waals surface area contributed by atoms with Gasteiger partial charge in [0.1, 0.15) is 6.04 Å². The molecule has 2 aromatic rings. The minimum absolute atomic E-state index is 0.343. The Morgan fingerprint density at radius 3 is 2.52 bits per heavy atom. The molecule has 0 aliphatic rings. The third-order valence-corrected chi connectivity index (χ3v) is 5.65. The van der Waals surface area contributed by atoms with Gasteiger partial charge >= 0.3 is 0 Å². The number of carbonyl (C=O) groups is 1. The van der Waals surface area contributed by atoms with Crippen LogP contribution in [-0.4, -0.2) is 33.2 Å². The number of hydrogen-bond donors (Lipinski definition) is 1. The lowest BCUT2D eigenvalue weighted by Gasteiger charge is -2.28. The summed E-state index contributed by atoms with van der Waals surface area (Å²) < 4.78 is 25.6. The number of amides is 1. The molecule has 0 aromatic heterocycles. The summed E-state index contributed by atoms with van der Waals surface area (Å²) in [6.07, 6.45) is 2.70. The predicted molar refractivity (Wildman–Crippen MR) is 111 cm³/mol. The average molecular weight is 409 g/mol. The van der Waals surface area contributed by atoms with E-state index in [0.717, 1.165) is 23.4 Å². The van der Waals surface area contributed by atoms with Crippen molar-refractivity contribution in [1.82, 2.24) is 5.32 Å². The van der Waals surface area contributed by atoms with Crippen LogP contribution in [0.15, 0.2) is 48.5 Å². The van der Waals surface area contributed by atoms with Crippen LogP contribution in [0.4, 0.5) is 5.69 Å². The summed E-state index contributed by atoms with van der Waals surface area (Å²) >= 11 is 5.97. The van der Waals surface area contributed by atoms with Crippen LogP contribution in [0.2, 0.25) is 5.02 Å². The predicted octanol–water partition coefficient (Wildman–Crippen LogP) is 3.55. The molecule has 0 bridgehead atoms. The van der Waals surface area contributed by atoms with Crippen LogP contribution < -0.4 is 9.62 Å². The van der Waals surface area contributed by atoms with Crippen LogP contribution in [0.5, 0.6) is 0 Å². The molecule has 1 N–H and O–H groups in total. The van der Waals surface area contributed by atoms with E-state index in [1.165, 1.54) is 17.2 Å². The van der Waals surface area contributed by atoms with Gasteiger partial charge in [0, 0.05) is 11.6 Å². The smallest absolute Gasteiger partial charge is 0.243 e. The Kier molecular flexibility index (Phi) is 7.27. The number of benzene rings is 2. The zero-order chi connectivity index (χ0) is 20.0. The Balaban J connectivity index is 1.98. The molecule has 0 aliphatic heterocycles. The van der Waals surface area contributed by atoms with E-state index in [-0.39, 0.29) is 5.91 Å². The van der Waals surface area contributed by atoms with E-state index in [1.807, 2.05) is 19.1 Å². The molecule has 0 spiro atoms. The molecule has 1 amide bonds. The molecule has 0 heterocycles. The number of aryl methyl sites for hydroxylation is 2. The molecule has 27 heavy (non-hydrogen) atoms. The highest BCUT2D eigenvalue weighted by Crippen LogP contribution is 2.24. The highest BCUT2D eigenvalue weighted by atomic mass is 35.5. The molecule has 0 fully saturated rings. The van der Waals surface area contributed by atoms with Crippen molar-refractivity contribution in [3.63, 3.8) is 0 Å². The number of nitrogens with zero attached hydrogens (tertiary/aromatic N) is 1. The van der Waals surface area contributed by atoms with E-state index in [9.17, 15) is 13.2 Å². The van der Waals surface area contributed by atoms with Crippen molar-refractivity contribution < 1.29 is 13.2 Å². The Morgan fingerprint density at radius 1 is 1.19 bits per heavy atom. The second-order valence-electron chi connectivity index (χ2n) is 6.60. The molecule has 0 radical (unpaired) electrons. The van der Waals surface area contributed by atoms with Crippen molar-refractivity contribution >= 4 is 33.2 Å². The van der Waals surface area contributed by atoms with Crippen molar-refractivity contribution in [2.75, 3.05) is 17.1 Å². The lowest BCUT2D eigenvalue weighted by molar-refractivity contribution is -0.121. The van der Waals surface area contributed by atoms with Crippen molar-refractivity contribution in [1.29, 1.82) is 0 Å². The quantitative estimate of drug-likeness (QED) is 0.679. The molecule has 0 saturated carbocycles. The van der Waals surface area contributed by atoms with E-state index in [0.29, 0.717) is 17.3 Å². The van der Waals surface area contributed by atoms with Gasteiger partial charge in [-0.3, -0.25) is 9.10 Å². The summed E-state index contributed by atoms with van der Waals surface area (Å²) in [5.74, 6) is -0.343. The molecule has 0 aliphatic carbocycles. The number of nitrogens with one attached hydrogen (secondary N) is 1. The first-order valence-electron chi connectivity index (χ1n) is 8.76. The zero-order valence-electron chi connectivity index (χ0n) is 15.8. The normalized spacial score (nSPS) is 12.4. The second kappa shape index (κ2) is 9.24. The molecule has 5 nitrogen and oxygen atoms in total.